The van der Waals surface area contributed by atoms with Crippen LogP contribution in [0.2, 0.25) is 0 Å². The maximum atomic E-state index is 9.06. The first kappa shape index (κ1) is 12.5. The number of rotatable bonds is 4. The molecule has 0 saturated heterocycles. The Balaban J connectivity index is 1.89. The second-order valence-corrected chi connectivity index (χ2v) is 5.06. The molecule has 0 amide bonds. The molecule has 0 unspecified atom stereocenters. The van der Waals surface area contributed by atoms with Gasteiger partial charge in [-0.2, -0.15) is 5.26 Å². The third-order valence-corrected chi connectivity index (χ3v) is 3.50. The summed E-state index contributed by atoms with van der Waals surface area (Å²) in [4.78, 5) is 6.65. The van der Waals surface area contributed by atoms with Crippen molar-refractivity contribution < 1.29 is 0 Å². The van der Waals surface area contributed by atoms with Crippen LogP contribution in [0.1, 0.15) is 24.1 Å². The number of pyridine rings is 1. The van der Waals surface area contributed by atoms with Crippen molar-refractivity contribution in [1.82, 2.24) is 4.98 Å². The molecular formula is C16H16N4. The Bertz CT molecular complexity index is 641. The second-order valence-electron chi connectivity index (χ2n) is 5.06. The Morgan fingerprint density at radius 3 is 2.60 bits per heavy atom. The van der Waals surface area contributed by atoms with E-state index in [1.807, 2.05) is 24.3 Å². The normalized spacial score (nSPS) is 13.8. The van der Waals surface area contributed by atoms with Gasteiger partial charge in [0.1, 0.15) is 11.9 Å². The zero-order valence-electron chi connectivity index (χ0n) is 11.2. The van der Waals surface area contributed by atoms with Crippen LogP contribution in [0.15, 0.2) is 42.5 Å². The number of aromatic nitrogens is 1. The first-order valence-electron chi connectivity index (χ1n) is 6.75. The molecule has 2 N–H and O–H groups in total. The zero-order valence-corrected chi connectivity index (χ0v) is 11.2. The van der Waals surface area contributed by atoms with Gasteiger partial charge >= 0.3 is 0 Å². The van der Waals surface area contributed by atoms with Crippen LogP contribution in [0.5, 0.6) is 0 Å². The van der Waals surface area contributed by atoms with E-state index in [0.717, 1.165) is 12.4 Å². The van der Waals surface area contributed by atoms with Crippen molar-refractivity contribution in [3.05, 3.63) is 53.7 Å². The Labute approximate surface area is 118 Å². The standard InChI is InChI=1S/C16H16N4/c17-10-15-14(18)8-9-16(19-15)20(13-6-7-13)11-12-4-2-1-3-5-12/h1-5,8-9,13H,6-7,11,18H2. The van der Waals surface area contributed by atoms with Crippen LogP contribution >= 0.6 is 0 Å². The lowest BCUT2D eigenvalue weighted by Gasteiger charge is -2.24. The molecule has 1 aliphatic carbocycles. The molecule has 1 heterocycles. The van der Waals surface area contributed by atoms with Gasteiger partial charge in [0, 0.05) is 12.6 Å². The van der Waals surface area contributed by atoms with Crippen molar-refractivity contribution in [2.75, 3.05) is 10.6 Å². The lowest BCUT2D eigenvalue weighted by atomic mass is 10.2. The number of anilines is 2. The Hall–Kier alpha value is -2.54. The number of nitrogens with two attached hydrogens (primary N) is 1. The van der Waals surface area contributed by atoms with Gasteiger partial charge in [-0.25, -0.2) is 4.98 Å². The van der Waals surface area contributed by atoms with Crippen LogP contribution in [0, 0.1) is 11.3 Å². The largest absolute Gasteiger partial charge is 0.396 e. The Morgan fingerprint density at radius 2 is 1.95 bits per heavy atom. The molecule has 1 fully saturated rings. The predicted molar refractivity (Wildman–Crippen MR) is 79.0 cm³/mol. The van der Waals surface area contributed by atoms with Crippen molar-refractivity contribution >= 4 is 11.5 Å². The fourth-order valence-electron chi connectivity index (χ4n) is 2.27. The number of hydrogen-bond acceptors (Lipinski definition) is 4. The minimum Gasteiger partial charge on any atom is -0.396 e. The van der Waals surface area contributed by atoms with E-state index in [-0.39, 0.29) is 0 Å². The van der Waals surface area contributed by atoms with Crippen LogP contribution in [-0.4, -0.2) is 11.0 Å². The topological polar surface area (TPSA) is 65.9 Å². The molecule has 0 aliphatic heterocycles. The van der Waals surface area contributed by atoms with Crippen LogP contribution in [0.4, 0.5) is 11.5 Å². The summed E-state index contributed by atoms with van der Waals surface area (Å²) in [5.74, 6) is 0.835. The lowest BCUT2D eigenvalue weighted by molar-refractivity contribution is 0.777. The van der Waals surface area contributed by atoms with E-state index in [1.165, 1.54) is 18.4 Å². The quantitative estimate of drug-likeness (QED) is 0.922. The summed E-state index contributed by atoms with van der Waals surface area (Å²) < 4.78 is 0. The number of benzene rings is 1. The highest BCUT2D eigenvalue weighted by Gasteiger charge is 2.30. The van der Waals surface area contributed by atoms with E-state index < -0.39 is 0 Å². The molecule has 20 heavy (non-hydrogen) atoms. The first-order valence-corrected chi connectivity index (χ1v) is 6.75. The molecule has 0 radical (unpaired) electrons. The van der Waals surface area contributed by atoms with Gasteiger partial charge in [-0.3, -0.25) is 0 Å². The number of hydrogen-bond donors (Lipinski definition) is 1. The number of nitrogens with zero attached hydrogens (tertiary/aromatic N) is 3. The van der Waals surface area contributed by atoms with Gasteiger partial charge in [-0.1, -0.05) is 30.3 Å². The molecule has 4 nitrogen and oxygen atoms in total. The predicted octanol–water partition coefficient (Wildman–Crippen LogP) is 2.70. The smallest absolute Gasteiger partial charge is 0.165 e. The van der Waals surface area contributed by atoms with Gasteiger partial charge < -0.3 is 10.6 Å². The summed E-state index contributed by atoms with van der Waals surface area (Å²) in [6, 6.07) is 16.6. The van der Waals surface area contributed by atoms with Gasteiger partial charge in [0.25, 0.3) is 0 Å². The molecule has 1 aliphatic rings. The molecule has 2 aromatic rings. The van der Waals surface area contributed by atoms with Crippen LogP contribution < -0.4 is 10.6 Å². The van der Waals surface area contributed by atoms with Gasteiger partial charge in [0.05, 0.1) is 5.69 Å². The molecule has 1 saturated carbocycles. The Kier molecular flexibility index (Phi) is 3.26. The average Bonchev–Trinajstić information content (AvgIpc) is 3.31. The van der Waals surface area contributed by atoms with E-state index in [2.05, 4.69) is 28.1 Å². The van der Waals surface area contributed by atoms with Gasteiger partial charge in [0.2, 0.25) is 0 Å². The van der Waals surface area contributed by atoms with Gasteiger partial charge in [0.15, 0.2) is 5.69 Å². The van der Waals surface area contributed by atoms with E-state index in [4.69, 9.17) is 11.0 Å². The van der Waals surface area contributed by atoms with Crippen molar-refractivity contribution in [2.24, 2.45) is 0 Å². The van der Waals surface area contributed by atoms with E-state index >= 15 is 0 Å². The van der Waals surface area contributed by atoms with Crippen molar-refractivity contribution in [2.45, 2.75) is 25.4 Å². The third-order valence-electron chi connectivity index (χ3n) is 3.50. The maximum absolute atomic E-state index is 9.06. The van der Waals surface area contributed by atoms with Crippen LogP contribution in [-0.2, 0) is 6.54 Å². The fraction of sp³-hybridized carbons (Fsp3) is 0.250. The Morgan fingerprint density at radius 1 is 1.20 bits per heavy atom. The van der Waals surface area contributed by atoms with Crippen LogP contribution in [0.3, 0.4) is 0 Å². The average molecular weight is 264 g/mol. The van der Waals surface area contributed by atoms with Crippen LogP contribution in [0.25, 0.3) is 0 Å². The highest BCUT2D eigenvalue weighted by Crippen LogP contribution is 2.32. The highest BCUT2D eigenvalue weighted by molar-refractivity contribution is 5.56. The molecule has 4 heteroatoms. The molecule has 1 aromatic carbocycles. The summed E-state index contributed by atoms with van der Waals surface area (Å²) in [7, 11) is 0. The summed E-state index contributed by atoms with van der Waals surface area (Å²) in [5.41, 5.74) is 7.73. The molecule has 1 aromatic heterocycles. The third kappa shape index (κ3) is 2.57. The minimum absolute atomic E-state index is 0.307. The molecule has 100 valence electrons. The molecule has 0 bridgehead atoms. The van der Waals surface area contributed by atoms with E-state index in [1.54, 1.807) is 6.07 Å². The van der Waals surface area contributed by atoms with Crippen molar-refractivity contribution in [1.29, 1.82) is 5.26 Å². The molecular weight excluding hydrogens is 248 g/mol. The summed E-state index contributed by atoms with van der Waals surface area (Å²) in [5, 5.41) is 9.06. The monoisotopic (exact) mass is 264 g/mol. The number of nitriles is 1. The summed E-state index contributed by atoms with van der Waals surface area (Å²) in [6.45, 7) is 0.813. The summed E-state index contributed by atoms with van der Waals surface area (Å²) >= 11 is 0. The SMILES string of the molecule is N#Cc1nc(N(Cc2ccccc2)C2CC2)ccc1N. The van der Waals surface area contributed by atoms with E-state index in [9.17, 15) is 0 Å². The fourth-order valence-corrected chi connectivity index (χ4v) is 2.27. The summed E-state index contributed by atoms with van der Waals surface area (Å²) in [6.07, 6.45) is 2.36. The van der Waals surface area contributed by atoms with Gasteiger partial charge in [-0.05, 0) is 30.5 Å². The maximum Gasteiger partial charge on any atom is 0.165 e. The van der Waals surface area contributed by atoms with Crippen molar-refractivity contribution in [3.8, 4) is 6.07 Å². The lowest BCUT2D eigenvalue weighted by Crippen LogP contribution is -2.26. The van der Waals surface area contributed by atoms with Gasteiger partial charge in [-0.15, -0.1) is 0 Å². The second kappa shape index (κ2) is 5.22. The highest BCUT2D eigenvalue weighted by atomic mass is 15.2. The minimum atomic E-state index is 0.307. The van der Waals surface area contributed by atoms with Crippen molar-refractivity contribution in [3.63, 3.8) is 0 Å². The number of nitrogen functional groups attached to an aromatic ring is 1. The zero-order chi connectivity index (χ0) is 13.9. The van der Waals surface area contributed by atoms with E-state index in [0.29, 0.717) is 17.4 Å². The first-order chi connectivity index (χ1) is 9.78. The molecule has 0 atom stereocenters. The molecule has 3 rings (SSSR count). The molecule has 0 spiro atoms.